The van der Waals surface area contributed by atoms with Gasteiger partial charge in [0.15, 0.2) is 0 Å². The Morgan fingerprint density at radius 1 is 0.576 bits per heavy atom. The molecular weight excluding hydrogens is 438 g/mol. The zero-order chi connectivity index (χ0) is 24.6. The Labute approximate surface area is 207 Å². The molecule has 0 aliphatic rings. The second-order valence-electron chi connectivity index (χ2n) is 10.3. The molecular formula is C26H59NO5S. The minimum Gasteiger partial charge on any atom is -0.726 e. The maximum atomic E-state index is 9.22. The predicted octanol–water partition coefficient (Wildman–Crippen LogP) is 6.78. The van der Waals surface area contributed by atoms with E-state index in [4.69, 9.17) is 0 Å². The van der Waals surface area contributed by atoms with Crippen LogP contribution in [0, 0.1) is 0 Å². The molecule has 0 aromatic carbocycles. The summed E-state index contributed by atoms with van der Waals surface area (Å²) in [5, 5.41) is 0. The largest absolute Gasteiger partial charge is 0.726 e. The molecule has 0 saturated carbocycles. The normalized spacial score (nSPS) is 11.6. The van der Waals surface area contributed by atoms with Gasteiger partial charge in [-0.05, 0) is 12.8 Å². The molecule has 0 amide bonds. The molecule has 0 aromatic heterocycles. The van der Waals surface area contributed by atoms with E-state index in [0.717, 1.165) is 11.6 Å². The average molecular weight is 498 g/mol. The van der Waals surface area contributed by atoms with Gasteiger partial charge in [-0.3, -0.25) is 4.18 Å². The van der Waals surface area contributed by atoms with Gasteiger partial charge in [-0.25, -0.2) is 8.42 Å². The molecule has 7 heteroatoms. The molecule has 0 saturated heterocycles. The smallest absolute Gasteiger partial charge is 0.217 e. The van der Waals surface area contributed by atoms with Gasteiger partial charge in [-0.2, -0.15) is 0 Å². The molecule has 0 radical (unpaired) electrons. The number of rotatable bonds is 22. The maximum Gasteiger partial charge on any atom is 0.217 e. The van der Waals surface area contributed by atoms with Gasteiger partial charge in [0.2, 0.25) is 10.4 Å². The summed E-state index contributed by atoms with van der Waals surface area (Å²) in [5.41, 5.74) is 0. The van der Waals surface area contributed by atoms with E-state index < -0.39 is 10.4 Å². The second-order valence-corrected chi connectivity index (χ2v) is 11.5. The van der Waals surface area contributed by atoms with Gasteiger partial charge in [0.1, 0.15) is 0 Å². The van der Waals surface area contributed by atoms with E-state index in [9.17, 15) is 13.0 Å². The summed E-state index contributed by atoms with van der Waals surface area (Å²) in [6.07, 6.45) is 29.3. The van der Waals surface area contributed by atoms with E-state index in [1.807, 2.05) is 0 Å². The maximum absolute atomic E-state index is 9.22. The Kier molecular flexibility index (Phi) is 29.9. The van der Waals surface area contributed by atoms with Crippen molar-refractivity contribution in [3.63, 3.8) is 0 Å². The van der Waals surface area contributed by atoms with Crippen LogP contribution in [0.1, 0.15) is 135 Å². The molecule has 2 N–H and O–H groups in total. The van der Waals surface area contributed by atoms with Crippen molar-refractivity contribution in [1.82, 2.24) is 0 Å². The minimum atomic E-state index is -4.41. The first kappa shape index (κ1) is 37.3. The summed E-state index contributed by atoms with van der Waals surface area (Å²) in [7, 11) is 3.30. The molecule has 0 unspecified atom stereocenters. The van der Waals surface area contributed by atoms with Gasteiger partial charge < -0.3 is 14.5 Å². The summed E-state index contributed by atoms with van der Waals surface area (Å²) < 4.78 is 32.1. The standard InChI is InChI=1S/C25H54N.CH4O4S.H2O/c1-5-6-7-8-9-10-11-12-13-14-15-16-17-18-19-20-21-22-23-24-25-26(2,3)4;1-5-6(2,3)4;/h5-25H2,1-4H3;1H3,(H,2,3,4);1H2/q+1;;/p-1. The van der Waals surface area contributed by atoms with Crippen LogP contribution < -0.4 is 0 Å². The molecule has 0 spiro atoms. The van der Waals surface area contributed by atoms with Crippen LogP contribution in [0.2, 0.25) is 0 Å². The van der Waals surface area contributed by atoms with E-state index in [1.54, 1.807) is 0 Å². The third-order valence-electron chi connectivity index (χ3n) is 5.89. The fourth-order valence-corrected chi connectivity index (χ4v) is 3.84. The first-order valence-corrected chi connectivity index (χ1v) is 14.8. The predicted molar refractivity (Wildman–Crippen MR) is 141 cm³/mol. The van der Waals surface area contributed by atoms with Crippen LogP contribution in [0.4, 0.5) is 0 Å². The highest BCUT2D eigenvalue weighted by molar-refractivity contribution is 7.80. The van der Waals surface area contributed by atoms with Crippen molar-refractivity contribution < 1.29 is 27.1 Å². The lowest BCUT2D eigenvalue weighted by Gasteiger charge is -2.23. The van der Waals surface area contributed by atoms with E-state index in [1.165, 1.54) is 135 Å². The lowest BCUT2D eigenvalue weighted by molar-refractivity contribution is -0.870. The Morgan fingerprint density at radius 2 is 0.788 bits per heavy atom. The number of hydrogen-bond donors (Lipinski definition) is 0. The van der Waals surface area contributed by atoms with Crippen molar-refractivity contribution in [3.05, 3.63) is 0 Å². The minimum absolute atomic E-state index is 0. The Balaban J connectivity index is -0.00000113. The average Bonchev–Trinajstić information content (AvgIpc) is 2.71. The van der Waals surface area contributed by atoms with E-state index in [2.05, 4.69) is 32.2 Å². The third-order valence-corrected chi connectivity index (χ3v) is 6.29. The number of unbranched alkanes of at least 4 members (excludes halogenated alkanes) is 19. The van der Waals surface area contributed by atoms with Gasteiger partial charge in [0.05, 0.1) is 34.8 Å². The molecule has 0 heterocycles. The number of quaternary nitrogens is 1. The third kappa shape index (κ3) is 42.4. The van der Waals surface area contributed by atoms with Crippen LogP contribution in [0.15, 0.2) is 0 Å². The topological polar surface area (TPSA) is 97.9 Å². The summed E-state index contributed by atoms with van der Waals surface area (Å²) in [5.74, 6) is 0. The van der Waals surface area contributed by atoms with Crippen LogP contribution >= 0.6 is 0 Å². The van der Waals surface area contributed by atoms with Crippen LogP contribution in [-0.2, 0) is 14.6 Å². The molecule has 6 nitrogen and oxygen atoms in total. The molecule has 0 aromatic rings. The highest BCUT2D eigenvalue weighted by atomic mass is 32.3. The Morgan fingerprint density at radius 3 is 0.970 bits per heavy atom. The second kappa shape index (κ2) is 26.4. The fraction of sp³-hybridized carbons (Fsp3) is 1.00. The zero-order valence-electron chi connectivity index (χ0n) is 22.8. The van der Waals surface area contributed by atoms with E-state index in [-0.39, 0.29) is 5.48 Å². The van der Waals surface area contributed by atoms with Gasteiger partial charge in [-0.15, -0.1) is 0 Å². The zero-order valence-corrected chi connectivity index (χ0v) is 23.7. The SMILES string of the molecule is CCCCCCCCCCCCCCCCCCCCCC[N+](C)(C)C.COS(=O)(=O)[O-].O. The molecule has 0 atom stereocenters. The van der Waals surface area contributed by atoms with Crippen LogP contribution in [-0.4, -0.2) is 57.7 Å². The number of hydrogen-bond acceptors (Lipinski definition) is 4. The molecule has 204 valence electrons. The van der Waals surface area contributed by atoms with Gasteiger partial charge >= 0.3 is 0 Å². The Hall–Kier alpha value is -0.210. The molecule has 0 bridgehead atoms. The van der Waals surface area contributed by atoms with E-state index in [0.29, 0.717) is 0 Å². The summed E-state index contributed by atoms with van der Waals surface area (Å²) in [6, 6.07) is 0. The lowest BCUT2D eigenvalue weighted by atomic mass is 10.0. The lowest BCUT2D eigenvalue weighted by Crippen LogP contribution is -2.35. The van der Waals surface area contributed by atoms with Crippen molar-refractivity contribution in [2.24, 2.45) is 0 Å². The van der Waals surface area contributed by atoms with Crippen LogP contribution in [0.25, 0.3) is 0 Å². The first-order valence-electron chi connectivity index (χ1n) is 13.4. The molecule has 0 aliphatic heterocycles. The summed E-state index contributed by atoms with van der Waals surface area (Å²) in [6.45, 7) is 3.63. The molecule has 33 heavy (non-hydrogen) atoms. The molecule has 0 aliphatic carbocycles. The van der Waals surface area contributed by atoms with Gasteiger partial charge in [-0.1, -0.05) is 122 Å². The highest BCUT2D eigenvalue weighted by Crippen LogP contribution is 2.15. The van der Waals surface area contributed by atoms with Crippen LogP contribution in [0.3, 0.4) is 0 Å². The van der Waals surface area contributed by atoms with Crippen molar-refractivity contribution in [2.75, 3.05) is 34.8 Å². The molecule has 0 fully saturated rings. The van der Waals surface area contributed by atoms with Gasteiger partial charge in [0, 0.05) is 0 Å². The first-order chi connectivity index (χ1) is 15.1. The van der Waals surface area contributed by atoms with Gasteiger partial charge in [0.25, 0.3) is 0 Å². The van der Waals surface area contributed by atoms with Crippen molar-refractivity contribution in [1.29, 1.82) is 0 Å². The van der Waals surface area contributed by atoms with E-state index >= 15 is 0 Å². The van der Waals surface area contributed by atoms with Crippen LogP contribution in [0.5, 0.6) is 0 Å². The monoisotopic (exact) mass is 497 g/mol. The Bertz CT molecular complexity index is 464. The van der Waals surface area contributed by atoms with Crippen molar-refractivity contribution in [2.45, 2.75) is 135 Å². The molecule has 0 rings (SSSR count). The number of nitrogens with zero attached hydrogens (tertiary/aromatic N) is 1. The summed E-state index contributed by atoms with van der Waals surface area (Å²) >= 11 is 0. The summed E-state index contributed by atoms with van der Waals surface area (Å²) in [4.78, 5) is 0. The van der Waals surface area contributed by atoms with Crippen molar-refractivity contribution in [3.8, 4) is 0 Å². The highest BCUT2D eigenvalue weighted by Gasteiger charge is 2.04. The van der Waals surface area contributed by atoms with Crippen molar-refractivity contribution >= 4 is 10.4 Å². The quantitative estimate of drug-likeness (QED) is 0.0712. The fourth-order valence-electron chi connectivity index (χ4n) is 3.84.